The number of hydrogen-bond acceptors (Lipinski definition) is 4. The molecule has 7 heteroatoms. The van der Waals surface area contributed by atoms with Crippen LogP contribution in [0.5, 0.6) is 0 Å². The first-order valence-electron chi connectivity index (χ1n) is 7.50. The lowest BCUT2D eigenvalue weighted by Gasteiger charge is -2.34. The molecule has 2 N–H and O–H groups in total. The summed E-state index contributed by atoms with van der Waals surface area (Å²) >= 11 is 5.36. The zero-order valence-corrected chi connectivity index (χ0v) is 13.7. The van der Waals surface area contributed by atoms with E-state index in [1.165, 1.54) is 4.90 Å². The minimum absolute atomic E-state index is 0.182. The van der Waals surface area contributed by atoms with E-state index in [2.05, 4.69) is 15.8 Å². The van der Waals surface area contributed by atoms with Crippen molar-refractivity contribution in [3.63, 3.8) is 0 Å². The number of fused-ring (bicyclic) bond motifs is 1. The van der Waals surface area contributed by atoms with Crippen LogP contribution in [0.3, 0.4) is 0 Å². The highest BCUT2D eigenvalue weighted by Gasteiger charge is 2.45. The van der Waals surface area contributed by atoms with Crippen LogP contribution >= 0.6 is 12.2 Å². The molecule has 24 heavy (non-hydrogen) atoms. The molecule has 3 aromatic rings. The smallest absolute Gasteiger partial charge is 0.263 e. The van der Waals surface area contributed by atoms with Crippen LogP contribution in [0.2, 0.25) is 0 Å². The second kappa shape index (κ2) is 5.40. The Balaban J connectivity index is 1.83. The van der Waals surface area contributed by atoms with Gasteiger partial charge in [-0.1, -0.05) is 30.3 Å². The van der Waals surface area contributed by atoms with Crippen molar-refractivity contribution in [3.05, 3.63) is 66.5 Å². The molecule has 1 aromatic heterocycles. The van der Waals surface area contributed by atoms with E-state index in [1.807, 2.05) is 54.0 Å². The van der Waals surface area contributed by atoms with Crippen LogP contribution in [-0.2, 0) is 5.79 Å². The third kappa shape index (κ3) is 2.10. The molecule has 1 saturated heterocycles. The van der Waals surface area contributed by atoms with Crippen molar-refractivity contribution in [2.45, 2.75) is 12.7 Å². The van der Waals surface area contributed by atoms with Gasteiger partial charge in [-0.2, -0.15) is 5.43 Å². The first-order valence-corrected chi connectivity index (χ1v) is 7.91. The minimum Gasteiger partial charge on any atom is -0.294 e. The van der Waals surface area contributed by atoms with E-state index in [0.717, 1.165) is 11.0 Å². The molecule has 0 spiro atoms. The molecule has 1 aliphatic heterocycles. The van der Waals surface area contributed by atoms with Crippen molar-refractivity contribution < 1.29 is 4.79 Å². The Hall–Kier alpha value is -2.77. The molecule has 6 nitrogen and oxygen atoms in total. The lowest BCUT2D eigenvalue weighted by molar-refractivity contribution is 0.0543. The Bertz CT molecular complexity index is 938. The van der Waals surface area contributed by atoms with Crippen LogP contribution in [-0.4, -0.2) is 25.5 Å². The van der Waals surface area contributed by atoms with Crippen LogP contribution < -0.4 is 10.9 Å². The van der Waals surface area contributed by atoms with Crippen LogP contribution in [0.25, 0.3) is 11.0 Å². The zero-order chi connectivity index (χ0) is 16.7. The number of thiocarbonyl (C=S) groups is 1. The number of amides is 1. The number of rotatable bonds is 2. The number of benzene rings is 2. The molecule has 2 heterocycles. The van der Waals surface area contributed by atoms with E-state index in [1.54, 1.807) is 18.5 Å². The Labute approximate surface area is 144 Å². The van der Waals surface area contributed by atoms with Crippen molar-refractivity contribution in [1.29, 1.82) is 0 Å². The summed E-state index contributed by atoms with van der Waals surface area (Å²) in [5.74, 6) is -1.08. The highest BCUT2D eigenvalue weighted by molar-refractivity contribution is 7.80. The zero-order valence-electron chi connectivity index (χ0n) is 12.9. The van der Waals surface area contributed by atoms with Crippen molar-refractivity contribution in [1.82, 2.24) is 25.3 Å². The fourth-order valence-electron chi connectivity index (χ4n) is 2.96. The number of para-hydroxylation sites is 2. The van der Waals surface area contributed by atoms with E-state index in [4.69, 9.17) is 12.2 Å². The molecule has 2 aromatic carbocycles. The first-order chi connectivity index (χ1) is 11.6. The number of nitrogens with zero attached hydrogens (tertiary/aromatic N) is 3. The summed E-state index contributed by atoms with van der Waals surface area (Å²) in [6.07, 6.45) is 1.71. The van der Waals surface area contributed by atoms with E-state index < -0.39 is 5.79 Å². The van der Waals surface area contributed by atoms with E-state index in [-0.39, 0.29) is 5.91 Å². The van der Waals surface area contributed by atoms with Gasteiger partial charge in [0.05, 0.1) is 17.4 Å². The SMILES string of the molecule is CC1(n2cnc3ccccc32)NNC(=S)N1C(=O)c1ccccc1. The highest BCUT2D eigenvalue weighted by atomic mass is 32.1. The summed E-state index contributed by atoms with van der Waals surface area (Å²) < 4.78 is 1.90. The maximum absolute atomic E-state index is 13.0. The monoisotopic (exact) mass is 337 g/mol. The summed E-state index contributed by atoms with van der Waals surface area (Å²) in [4.78, 5) is 19.0. The Kier molecular flexibility index (Phi) is 3.33. The summed E-state index contributed by atoms with van der Waals surface area (Å²) in [5, 5.41) is 0.323. The average molecular weight is 337 g/mol. The molecular formula is C17H15N5OS. The van der Waals surface area contributed by atoms with Gasteiger partial charge in [0.25, 0.3) is 5.91 Å². The predicted octanol–water partition coefficient (Wildman–Crippen LogP) is 2.20. The number of aromatic nitrogens is 2. The molecule has 1 aliphatic rings. The molecular weight excluding hydrogens is 322 g/mol. The summed E-state index contributed by atoms with van der Waals surface area (Å²) in [6.45, 7) is 1.88. The molecule has 1 atom stereocenters. The average Bonchev–Trinajstić information content (AvgIpc) is 3.17. The van der Waals surface area contributed by atoms with Gasteiger partial charge in [0, 0.05) is 5.56 Å². The van der Waals surface area contributed by atoms with Gasteiger partial charge in [-0.3, -0.25) is 14.8 Å². The summed E-state index contributed by atoms with van der Waals surface area (Å²) in [5.41, 5.74) is 8.35. The van der Waals surface area contributed by atoms with E-state index >= 15 is 0 Å². The lowest BCUT2D eigenvalue weighted by atomic mass is 10.2. The third-order valence-electron chi connectivity index (χ3n) is 4.19. The van der Waals surface area contributed by atoms with Gasteiger partial charge in [0.1, 0.15) is 0 Å². The second-order valence-corrected chi connectivity index (χ2v) is 6.07. The fourth-order valence-corrected chi connectivity index (χ4v) is 3.27. The molecule has 0 bridgehead atoms. The van der Waals surface area contributed by atoms with Gasteiger partial charge in [-0.25, -0.2) is 9.88 Å². The number of imidazole rings is 1. The van der Waals surface area contributed by atoms with E-state index in [9.17, 15) is 4.79 Å². The van der Waals surface area contributed by atoms with Crippen molar-refractivity contribution in [2.75, 3.05) is 0 Å². The molecule has 1 unspecified atom stereocenters. The first kappa shape index (κ1) is 14.8. The third-order valence-corrected chi connectivity index (χ3v) is 4.48. The summed E-state index contributed by atoms with van der Waals surface area (Å²) in [6, 6.07) is 16.8. The Morgan fingerprint density at radius 2 is 1.83 bits per heavy atom. The van der Waals surface area contributed by atoms with Crippen LogP contribution in [0.4, 0.5) is 0 Å². The van der Waals surface area contributed by atoms with Gasteiger partial charge < -0.3 is 0 Å². The maximum Gasteiger partial charge on any atom is 0.263 e. The van der Waals surface area contributed by atoms with Crippen molar-refractivity contribution >= 4 is 34.3 Å². The van der Waals surface area contributed by atoms with Gasteiger partial charge in [0.15, 0.2) is 10.9 Å². The molecule has 1 fully saturated rings. The number of nitrogens with one attached hydrogen (secondary N) is 2. The molecule has 120 valence electrons. The van der Waals surface area contributed by atoms with Crippen LogP contribution in [0.1, 0.15) is 17.3 Å². The quantitative estimate of drug-likeness (QED) is 0.702. The van der Waals surface area contributed by atoms with Gasteiger partial charge >= 0.3 is 0 Å². The number of hydrogen-bond donors (Lipinski definition) is 2. The largest absolute Gasteiger partial charge is 0.294 e. The molecule has 1 amide bonds. The normalized spacial score (nSPS) is 20.4. The standard InChI is InChI=1S/C17H15N5OS/c1-17(21-11-18-13-9-5-6-10-14(13)21)20-19-16(24)22(17)15(23)12-7-3-2-4-8-12/h2-11,20H,1H3,(H,19,24). The highest BCUT2D eigenvalue weighted by Crippen LogP contribution is 2.28. The Morgan fingerprint density at radius 1 is 1.12 bits per heavy atom. The van der Waals surface area contributed by atoms with Crippen LogP contribution in [0, 0.1) is 0 Å². The van der Waals surface area contributed by atoms with Gasteiger partial charge in [0.2, 0.25) is 0 Å². The fraction of sp³-hybridized carbons (Fsp3) is 0.118. The molecule has 4 rings (SSSR count). The molecule has 0 saturated carbocycles. The summed E-state index contributed by atoms with van der Waals surface area (Å²) in [7, 11) is 0. The second-order valence-electron chi connectivity index (χ2n) is 5.69. The van der Waals surface area contributed by atoms with Gasteiger partial charge in [-0.15, -0.1) is 0 Å². The molecule has 0 radical (unpaired) electrons. The number of carbonyl (C=O) groups excluding carboxylic acids is 1. The minimum atomic E-state index is -0.903. The van der Waals surface area contributed by atoms with E-state index in [0.29, 0.717) is 10.7 Å². The molecule has 0 aliphatic carbocycles. The maximum atomic E-state index is 13.0. The predicted molar refractivity (Wildman–Crippen MR) is 94.9 cm³/mol. The van der Waals surface area contributed by atoms with Crippen LogP contribution in [0.15, 0.2) is 60.9 Å². The Morgan fingerprint density at radius 3 is 2.62 bits per heavy atom. The van der Waals surface area contributed by atoms with Crippen molar-refractivity contribution in [3.8, 4) is 0 Å². The number of hydrazine groups is 1. The topological polar surface area (TPSA) is 62.2 Å². The lowest BCUT2D eigenvalue weighted by Crippen LogP contribution is -2.54. The van der Waals surface area contributed by atoms with Gasteiger partial charge in [-0.05, 0) is 43.4 Å². The number of carbonyl (C=O) groups is 1. The van der Waals surface area contributed by atoms with Crippen molar-refractivity contribution in [2.24, 2.45) is 0 Å².